The van der Waals surface area contributed by atoms with Gasteiger partial charge in [-0.05, 0) is 22.8 Å². The standard InChI is InChI=1S/C14H12F2O2.C2H6/c15-14(16,13(17)18)8-7-10-5-6-11-3-1-2-4-12(11)9-10;1-2/h1-6,9H,7-8H2,(H,17,18);1-2H3. The summed E-state index contributed by atoms with van der Waals surface area (Å²) in [5, 5.41) is 10.3. The molecule has 2 nitrogen and oxygen atoms in total. The normalized spacial score (nSPS) is 10.8. The number of rotatable bonds is 4. The van der Waals surface area contributed by atoms with Gasteiger partial charge in [-0.15, -0.1) is 0 Å². The first-order valence-corrected chi connectivity index (χ1v) is 6.58. The van der Waals surface area contributed by atoms with Gasteiger partial charge in [0.2, 0.25) is 0 Å². The van der Waals surface area contributed by atoms with Gasteiger partial charge in [0.15, 0.2) is 0 Å². The Balaban J connectivity index is 0.000000956. The van der Waals surface area contributed by atoms with Gasteiger partial charge in [0.1, 0.15) is 0 Å². The predicted molar refractivity (Wildman–Crippen MR) is 76.2 cm³/mol. The number of carboxylic acids is 1. The van der Waals surface area contributed by atoms with Gasteiger partial charge in [-0.25, -0.2) is 4.79 Å². The molecule has 0 aliphatic carbocycles. The summed E-state index contributed by atoms with van der Waals surface area (Å²) in [6.45, 7) is 4.00. The molecular formula is C16H18F2O2. The highest BCUT2D eigenvalue weighted by Gasteiger charge is 2.37. The van der Waals surface area contributed by atoms with E-state index in [0.717, 1.165) is 16.3 Å². The maximum absolute atomic E-state index is 12.9. The number of carbonyl (C=O) groups is 1. The van der Waals surface area contributed by atoms with Crippen LogP contribution in [0.25, 0.3) is 10.8 Å². The first kappa shape index (κ1) is 16.1. The SMILES string of the molecule is CC.O=C(O)C(F)(F)CCc1ccc2ccccc2c1. The van der Waals surface area contributed by atoms with E-state index in [-0.39, 0.29) is 6.42 Å². The molecule has 0 saturated heterocycles. The summed E-state index contributed by atoms with van der Waals surface area (Å²) in [6, 6.07) is 13.0. The molecule has 0 bridgehead atoms. The lowest BCUT2D eigenvalue weighted by Crippen LogP contribution is -2.28. The molecule has 0 unspecified atom stereocenters. The molecule has 0 heterocycles. The summed E-state index contributed by atoms with van der Waals surface area (Å²) in [5.74, 6) is -5.73. The Bertz CT molecular complexity index is 579. The molecule has 0 atom stereocenters. The van der Waals surface area contributed by atoms with Crippen LogP contribution >= 0.6 is 0 Å². The lowest BCUT2D eigenvalue weighted by atomic mass is 10.0. The third kappa shape index (κ3) is 4.02. The minimum Gasteiger partial charge on any atom is -0.477 e. The second-order valence-corrected chi connectivity index (χ2v) is 4.19. The lowest BCUT2D eigenvalue weighted by Gasteiger charge is -2.11. The highest BCUT2D eigenvalue weighted by atomic mass is 19.3. The molecular weight excluding hydrogens is 262 g/mol. The number of benzene rings is 2. The van der Waals surface area contributed by atoms with Crippen molar-refractivity contribution in [3.05, 3.63) is 48.0 Å². The number of hydrogen-bond acceptors (Lipinski definition) is 1. The first-order chi connectivity index (χ1) is 9.49. The molecule has 0 saturated carbocycles. The molecule has 2 rings (SSSR count). The van der Waals surface area contributed by atoms with E-state index in [0.29, 0.717) is 0 Å². The molecule has 0 aliphatic heterocycles. The van der Waals surface area contributed by atoms with Crippen LogP contribution in [-0.4, -0.2) is 17.0 Å². The minimum absolute atomic E-state index is 0.0458. The molecule has 0 radical (unpaired) electrons. The molecule has 0 aromatic heterocycles. The second-order valence-electron chi connectivity index (χ2n) is 4.19. The minimum atomic E-state index is -3.66. The zero-order valence-electron chi connectivity index (χ0n) is 11.6. The van der Waals surface area contributed by atoms with E-state index in [2.05, 4.69) is 0 Å². The van der Waals surface area contributed by atoms with Crippen molar-refractivity contribution in [3.8, 4) is 0 Å². The third-order valence-electron chi connectivity index (χ3n) is 2.85. The van der Waals surface area contributed by atoms with Crippen LogP contribution in [-0.2, 0) is 11.2 Å². The third-order valence-corrected chi connectivity index (χ3v) is 2.85. The molecule has 0 fully saturated rings. The van der Waals surface area contributed by atoms with E-state index < -0.39 is 18.3 Å². The van der Waals surface area contributed by atoms with Gasteiger partial charge in [0.25, 0.3) is 0 Å². The fourth-order valence-corrected chi connectivity index (χ4v) is 1.80. The van der Waals surface area contributed by atoms with Crippen molar-refractivity contribution in [2.24, 2.45) is 0 Å². The summed E-state index contributed by atoms with van der Waals surface area (Å²) in [4.78, 5) is 10.3. The molecule has 0 spiro atoms. The molecule has 1 N–H and O–H groups in total. The molecule has 0 aliphatic rings. The maximum atomic E-state index is 12.9. The Hall–Kier alpha value is -1.97. The predicted octanol–water partition coefficient (Wildman–Crippen LogP) is 4.52. The van der Waals surface area contributed by atoms with Gasteiger partial charge >= 0.3 is 11.9 Å². The summed E-state index contributed by atoms with van der Waals surface area (Å²) in [7, 11) is 0. The van der Waals surface area contributed by atoms with Gasteiger partial charge in [-0.2, -0.15) is 8.78 Å². The highest BCUT2D eigenvalue weighted by molar-refractivity contribution is 5.83. The average molecular weight is 280 g/mol. The number of halogens is 2. The van der Waals surface area contributed by atoms with Gasteiger partial charge in [0, 0.05) is 6.42 Å². The summed E-state index contributed by atoms with van der Waals surface area (Å²) in [5.41, 5.74) is 0.717. The van der Waals surface area contributed by atoms with Crippen molar-refractivity contribution in [2.45, 2.75) is 32.6 Å². The van der Waals surface area contributed by atoms with Gasteiger partial charge in [-0.3, -0.25) is 0 Å². The Kier molecular flexibility index (Phi) is 5.62. The molecule has 0 amide bonds. The second kappa shape index (κ2) is 6.98. The highest BCUT2D eigenvalue weighted by Crippen LogP contribution is 2.23. The molecule has 108 valence electrons. The zero-order valence-corrected chi connectivity index (χ0v) is 11.6. The fourth-order valence-electron chi connectivity index (χ4n) is 1.80. The van der Waals surface area contributed by atoms with Crippen molar-refractivity contribution >= 4 is 16.7 Å². The number of fused-ring (bicyclic) bond motifs is 1. The van der Waals surface area contributed by atoms with E-state index >= 15 is 0 Å². The van der Waals surface area contributed by atoms with Gasteiger partial charge in [-0.1, -0.05) is 56.3 Å². The largest absolute Gasteiger partial charge is 0.477 e. The Labute approximate surface area is 117 Å². The van der Waals surface area contributed by atoms with Crippen LogP contribution in [0.1, 0.15) is 25.8 Å². The van der Waals surface area contributed by atoms with Crippen molar-refractivity contribution in [1.29, 1.82) is 0 Å². The van der Waals surface area contributed by atoms with Gasteiger partial charge in [0.05, 0.1) is 0 Å². The van der Waals surface area contributed by atoms with Crippen LogP contribution < -0.4 is 0 Å². The zero-order chi connectivity index (χ0) is 15.2. The van der Waals surface area contributed by atoms with Gasteiger partial charge < -0.3 is 5.11 Å². The van der Waals surface area contributed by atoms with Crippen molar-refractivity contribution in [3.63, 3.8) is 0 Å². The Morgan fingerprint density at radius 3 is 2.30 bits per heavy atom. The first-order valence-electron chi connectivity index (χ1n) is 6.58. The van der Waals surface area contributed by atoms with E-state index in [1.807, 2.05) is 50.2 Å². The number of aryl methyl sites for hydroxylation is 1. The van der Waals surface area contributed by atoms with Crippen LogP contribution in [0.15, 0.2) is 42.5 Å². The van der Waals surface area contributed by atoms with Crippen molar-refractivity contribution < 1.29 is 18.7 Å². The van der Waals surface area contributed by atoms with Crippen molar-refractivity contribution in [1.82, 2.24) is 0 Å². The lowest BCUT2D eigenvalue weighted by molar-refractivity contribution is -0.165. The van der Waals surface area contributed by atoms with Crippen LogP contribution in [0.3, 0.4) is 0 Å². The molecule has 2 aromatic rings. The quantitative estimate of drug-likeness (QED) is 0.894. The van der Waals surface area contributed by atoms with Crippen LogP contribution in [0.2, 0.25) is 0 Å². The summed E-state index contributed by atoms with van der Waals surface area (Å²) in [6.07, 6.45) is -0.634. The average Bonchev–Trinajstić information content (AvgIpc) is 2.47. The smallest absolute Gasteiger partial charge is 0.374 e. The number of aliphatic carboxylic acids is 1. The summed E-state index contributed by atoms with van der Waals surface area (Å²) >= 11 is 0. The van der Waals surface area contributed by atoms with E-state index in [4.69, 9.17) is 5.11 Å². The Morgan fingerprint density at radius 1 is 1.10 bits per heavy atom. The van der Waals surface area contributed by atoms with E-state index in [1.54, 1.807) is 6.07 Å². The van der Waals surface area contributed by atoms with Crippen LogP contribution in [0, 0.1) is 0 Å². The number of alkyl halides is 2. The number of hydrogen-bond donors (Lipinski definition) is 1. The number of carboxylic acid groups (broad SMARTS) is 1. The van der Waals surface area contributed by atoms with E-state index in [1.165, 1.54) is 0 Å². The molecule has 4 heteroatoms. The maximum Gasteiger partial charge on any atom is 0.374 e. The fraction of sp³-hybridized carbons (Fsp3) is 0.312. The summed E-state index contributed by atoms with van der Waals surface area (Å²) < 4.78 is 25.9. The monoisotopic (exact) mass is 280 g/mol. The van der Waals surface area contributed by atoms with Crippen molar-refractivity contribution in [2.75, 3.05) is 0 Å². The molecule has 20 heavy (non-hydrogen) atoms. The van der Waals surface area contributed by atoms with E-state index in [9.17, 15) is 13.6 Å². The Morgan fingerprint density at radius 2 is 1.70 bits per heavy atom. The molecule has 2 aromatic carbocycles. The van der Waals surface area contributed by atoms with Crippen LogP contribution in [0.5, 0.6) is 0 Å². The topological polar surface area (TPSA) is 37.3 Å². The van der Waals surface area contributed by atoms with Crippen LogP contribution in [0.4, 0.5) is 8.78 Å².